The van der Waals surface area contributed by atoms with Gasteiger partial charge >= 0.3 is 0 Å². The lowest BCUT2D eigenvalue weighted by Crippen LogP contribution is -2.34. The van der Waals surface area contributed by atoms with Crippen LogP contribution in [0, 0.1) is 0 Å². The Morgan fingerprint density at radius 3 is 2.25 bits per heavy atom. The second-order valence-electron chi connectivity index (χ2n) is 2.84. The first-order valence-corrected chi connectivity index (χ1v) is 4.46. The number of carbonyl (C=O) groups excluding carboxylic acids is 1. The van der Waals surface area contributed by atoms with Crippen LogP contribution in [0.3, 0.4) is 0 Å². The van der Waals surface area contributed by atoms with Crippen LogP contribution in [-0.4, -0.2) is 34.8 Å². The molecule has 0 bridgehead atoms. The maximum Gasteiger partial charge on any atom is 0.275 e. The molecule has 0 saturated carbocycles. The molecular weight excluding hydrogens is 210 g/mol. The molecule has 0 fully saturated rings. The van der Waals surface area contributed by atoms with Gasteiger partial charge in [0, 0.05) is 12.6 Å². The third-order valence-electron chi connectivity index (χ3n) is 1.91. The highest BCUT2D eigenvalue weighted by atomic mass is 16.4. The third kappa shape index (κ3) is 2.35. The standard InChI is InChI=1S/C10H11N3O3/c1-11-10(14)9(13-16)8(12-15)7-5-3-2-4-6-7/h2-6,15-16H,1H3,(H,11,14). The summed E-state index contributed by atoms with van der Waals surface area (Å²) in [6.07, 6.45) is 0. The first-order valence-electron chi connectivity index (χ1n) is 4.46. The van der Waals surface area contributed by atoms with Crippen molar-refractivity contribution in [2.45, 2.75) is 0 Å². The number of amides is 1. The van der Waals surface area contributed by atoms with E-state index in [4.69, 9.17) is 10.4 Å². The lowest BCUT2D eigenvalue weighted by molar-refractivity contribution is -0.114. The van der Waals surface area contributed by atoms with E-state index in [1.165, 1.54) is 7.05 Å². The first kappa shape index (κ1) is 11.7. The van der Waals surface area contributed by atoms with E-state index in [0.29, 0.717) is 5.56 Å². The molecule has 84 valence electrons. The maximum absolute atomic E-state index is 11.3. The molecule has 0 aliphatic rings. The number of hydrogen-bond donors (Lipinski definition) is 3. The Kier molecular flexibility index (Phi) is 4.02. The minimum Gasteiger partial charge on any atom is -0.410 e. The Morgan fingerprint density at radius 2 is 1.81 bits per heavy atom. The van der Waals surface area contributed by atoms with E-state index in [2.05, 4.69) is 15.6 Å². The summed E-state index contributed by atoms with van der Waals surface area (Å²) in [5.74, 6) is -0.640. The van der Waals surface area contributed by atoms with Crippen molar-refractivity contribution in [2.24, 2.45) is 10.3 Å². The Morgan fingerprint density at radius 1 is 1.19 bits per heavy atom. The molecule has 0 aromatic heterocycles. The van der Waals surface area contributed by atoms with E-state index < -0.39 is 5.91 Å². The van der Waals surface area contributed by atoms with Crippen molar-refractivity contribution in [3.63, 3.8) is 0 Å². The fourth-order valence-corrected chi connectivity index (χ4v) is 1.16. The predicted octanol–water partition coefficient (Wildman–Crippen LogP) is 0.441. The highest BCUT2D eigenvalue weighted by Gasteiger charge is 2.20. The lowest BCUT2D eigenvalue weighted by atomic mass is 10.1. The number of hydrogen-bond acceptors (Lipinski definition) is 5. The van der Waals surface area contributed by atoms with Gasteiger partial charge in [-0.25, -0.2) is 0 Å². The van der Waals surface area contributed by atoms with Crippen LogP contribution >= 0.6 is 0 Å². The summed E-state index contributed by atoms with van der Waals surface area (Å²) in [4.78, 5) is 11.3. The van der Waals surface area contributed by atoms with Crippen molar-refractivity contribution in [2.75, 3.05) is 7.05 Å². The van der Waals surface area contributed by atoms with Crippen LogP contribution in [0.25, 0.3) is 0 Å². The molecule has 16 heavy (non-hydrogen) atoms. The van der Waals surface area contributed by atoms with Gasteiger partial charge in [0.25, 0.3) is 5.91 Å². The Labute approximate surface area is 91.9 Å². The monoisotopic (exact) mass is 221 g/mol. The summed E-state index contributed by atoms with van der Waals surface area (Å²) in [7, 11) is 1.38. The highest BCUT2D eigenvalue weighted by molar-refractivity contribution is 6.69. The Hall–Kier alpha value is -2.37. The van der Waals surface area contributed by atoms with Gasteiger partial charge in [0.15, 0.2) is 5.71 Å². The van der Waals surface area contributed by atoms with E-state index in [-0.39, 0.29) is 11.4 Å². The number of rotatable bonds is 3. The average Bonchev–Trinajstić information content (AvgIpc) is 2.36. The quantitative estimate of drug-likeness (QED) is 0.392. The molecule has 6 heteroatoms. The summed E-state index contributed by atoms with van der Waals surface area (Å²) in [6.45, 7) is 0. The molecule has 1 rings (SSSR count). The van der Waals surface area contributed by atoms with E-state index in [9.17, 15) is 4.79 Å². The predicted molar refractivity (Wildman–Crippen MR) is 58.1 cm³/mol. The van der Waals surface area contributed by atoms with Crippen LogP contribution in [0.1, 0.15) is 5.56 Å². The zero-order chi connectivity index (χ0) is 12.0. The van der Waals surface area contributed by atoms with Crippen LogP contribution in [0.5, 0.6) is 0 Å². The first-order chi connectivity index (χ1) is 7.74. The van der Waals surface area contributed by atoms with Gasteiger partial charge < -0.3 is 15.7 Å². The van der Waals surface area contributed by atoms with Crippen molar-refractivity contribution in [1.29, 1.82) is 0 Å². The van der Waals surface area contributed by atoms with Gasteiger partial charge in [0.05, 0.1) is 0 Å². The highest BCUT2D eigenvalue weighted by Crippen LogP contribution is 2.03. The van der Waals surface area contributed by atoms with Crippen molar-refractivity contribution in [1.82, 2.24) is 5.32 Å². The maximum atomic E-state index is 11.3. The normalized spacial score (nSPS) is 12.3. The molecule has 0 atom stereocenters. The molecule has 0 aliphatic carbocycles. The van der Waals surface area contributed by atoms with Gasteiger partial charge in [0.1, 0.15) is 5.71 Å². The molecule has 3 N–H and O–H groups in total. The van der Waals surface area contributed by atoms with E-state index >= 15 is 0 Å². The lowest BCUT2D eigenvalue weighted by Gasteiger charge is -2.05. The smallest absolute Gasteiger partial charge is 0.275 e. The van der Waals surface area contributed by atoms with Crippen molar-refractivity contribution < 1.29 is 15.2 Å². The summed E-state index contributed by atoms with van der Waals surface area (Å²) in [5, 5.41) is 25.6. The third-order valence-corrected chi connectivity index (χ3v) is 1.91. The van der Waals surface area contributed by atoms with Gasteiger partial charge in [-0.2, -0.15) is 0 Å². The van der Waals surface area contributed by atoms with Gasteiger partial charge in [-0.15, -0.1) is 0 Å². The number of carbonyl (C=O) groups is 1. The number of nitrogens with one attached hydrogen (secondary N) is 1. The number of oxime groups is 2. The zero-order valence-corrected chi connectivity index (χ0v) is 8.58. The molecule has 0 saturated heterocycles. The number of nitrogens with zero attached hydrogens (tertiary/aromatic N) is 2. The van der Waals surface area contributed by atoms with Gasteiger partial charge in [-0.1, -0.05) is 40.6 Å². The Balaban J connectivity index is 3.14. The molecule has 0 heterocycles. The largest absolute Gasteiger partial charge is 0.410 e. The summed E-state index contributed by atoms with van der Waals surface area (Å²) in [6, 6.07) is 8.44. The van der Waals surface area contributed by atoms with Crippen molar-refractivity contribution in [3.05, 3.63) is 35.9 Å². The van der Waals surface area contributed by atoms with E-state index in [1.54, 1.807) is 30.3 Å². The van der Waals surface area contributed by atoms with Gasteiger partial charge in [0.2, 0.25) is 0 Å². The topological polar surface area (TPSA) is 94.3 Å². The fourth-order valence-electron chi connectivity index (χ4n) is 1.16. The van der Waals surface area contributed by atoms with Crippen LogP contribution in [0.15, 0.2) is 40.6 Å². The second-order valence-corrected chi connectivity index (χ2v) is 2.84. The van der Waals surface area contributed by atoms with Gasteiger partial charge in [-0.05, 0) is 0 Å². The SMILES string of the molecule is CNC(=O)C(=NO)C(=NO)c1ccccc1. The second kappa shape index (κ2) is 5.50. The zero-order valence-electron chi connectivity index (χ0n) is 8.58. The minimum absolute atomic E-state index is 0.0950. The molecule has 1 aromatic rings. The average molecular weight is 221 g/mol. The van der Waals surface area contributed by atoms with E-state index in [0.717, 1.165) is 0 Å². The van der Waals surface area contributed by atoms with Crippen LogP contribution in [-0.2, 0) is 4.79 Å². The molecule has 0 radical (unpaired) electrons. The molecule has 6 nitrogen and oxygen atoms in total. The van der Waals surface area contributed by atoms with Crippen molar-refractivity contribution >= 4 is 17.3 Å². The summed E-state index contributed by atoms with van der Waals surface area (Å²) >= 11 is 0. The minimum atomic E-state index is -0.640. The van der Waals surface area contributed by atoms with Crippen LogP contribution in [0.4, 0.5) is 0 Å². The van der Waals surface area contributed by atoms with Gasteiger partial charge in [-0.3, -0.25) is 4.79 Å². The molecular formula is C10H11N3O3. The number of benzene rings is 1. The fraction of sp³-hybridized carbons (Fsp3) is 0.100. The summed E-state index contributed by atoms with van der Waals surface area (Å²) in [5.41, 5.74) is 0.0278. The molecule has 0 unspecified atom stereocenters. The molecule has 0 spiro atoms. The van der Waals surface area contributed by atoms with Crippen LogP contribution < -0.4 is 5.32 Å². The summed E-state index contributed by atoms with van der Waals surface area (Å²) < 4.78 is 0. The van der Waals surface area contributed by atoms with Crippen LogP contribution in [0.2, 0.25) is 0 Å². The van der Waals surface area contributed by atoms with Crippen molar-refractivity contribution in [3.8, 4) is 0 Å². The Bertz CT molecular complexity index is 426. The van der Waals surface area contributed by atoms with E-state index in [1.807, 2.05) is 0 Å². The molecule has 0 aliphatic heterocycles. The molecule has 1 amide bonds. The molecule has 1 aromatic carbocycles.